The molecule has 0 aliphatic rings. The van der Waals surface area contributed by atoms with Crippen LogP contribution in [0.2, 0.25) is 0 Å². The van der Waals surface area contributed by atoms with Crippen LogP contribution in [-0.2, 0) is 0 Å². The number of aliphatic hydroxyl groups excluding tert-OH is 1. The van der Waals surface area contributed by atoms with Crippen LogP contribution in [0.15, 0.2) is 67.0 Å². The number of nitrogens with one attached hydrogen (secondary N) is 1. The Morgan fingerprint density at radius 2 is 1.77 bits per heavy atom. The Kier molecular flexibility index (Phi) is 4.12. The van der Waals surface area contributed by atoms with Gasteiger partial charge in [0.1, 0.15) is 0 Å². The molecule has 0 fully saturated rings. The Hall–Kier alpha value is -2.72. The van der Waals surface area contributed by atoms with Crippen molar-refractivity contribution in [3.8, 4) is 0 Å². The minimum atomic E-state index is -0.740. The van der Waals surface area contributed by atoms with Crippen LogP contribution in [0.4, 0.5) is 0 Å². The molecule has 1 heterocycles. The largest absolute Gasteiger partial charge is 0.387 e. The van der Waals surface area contributed by atoms with E-state index in [1.165, 1.54) is 0 Å². The quantitative estimate of drug-likeness (QED) is 0.777. The van der Waals surface area contributed by atoms with Gasteiger partial charge in [-0.15, -0.1) is 0 Å². The lowest BCUT2D eigenvalue weighted by atomic mass is 10.0. The van der Waals surface area contributed by atoms with Crippen LogP contribution < -0.4 is 5.32 Å². The summed E-state index contributed by atoms with van der Waals surface area (Å²) in [6.07, 6.45) is 2.39. The molecule has 0 bridgehead atoms. The van der Waals surface area contributed by atoms with E-state index in [-0.39, 0.29) is 12.5 Å². The van der Waals surface area contributed by atoms with Crippen molar-refractivity contribution < 1.29 is 9.90 Å². The minimum Gasteiger partial charge on any atom is -0.387 e. The molecule has 110 valence electrons. The summed E-state index contributed by atoms with van der Waals surface area (Å²) < 4.78 is 0. The van der Waals surface area contributed by atoms with Gasteiger partial charge in [0, 0.05) is 24.5 Å². The first-order chi connectivity index (χ1) is 10.7. The molecule has 2 N–H and O–H groups in total. The van der Waals surface area contributed by atoms with Crippen molar-refractivity contribution in [2.75, 3.05) is 6.54 Å². The summed E-state index contributed by atoms with van der Waals surface area (Å²) in [6, 6.07) is 17.0. The fraction of sp³-hybridized carbons (Fsp3) is 0.111. The zero-order chi connectivity index (χ0) is 15.4. The second kappa shape index (κ2) is 6.37. The molecule has 2 aromatic carbocycles. The molecule has 4 nitrogen and oxygen atoms in total. The number of carbonyl (C=O) groups is 1. The van der Waals surface area contributed by atoms with E-state index in [2.05, 4.69) is 10.3 Å². The number of carbonyl (C=O) groups excluding carboxylic acids is 1. The number of hydrogen-bond donors (Lipinski definition) is 2. The fourth-order valence-corrected chi connectivity index (χ4v) is 2.33. The van der Waals surface area contributed by atoms with Crippen LogP contribution in [0.1, 0.15) is 22.0 Å². The van der Waals surface area contributed by atoms with Gasteiger partial charge >= 0.3 is 0 Å². The van der Waals surface area contributed by atoms with Gasteiger partial charge < -0.3 is 10.4 Å². The summed E-state index contributed by atoms with van der Waals surface area (Å²) in [6.45, 7) is 0.166. The van der Waals surface area contributed by atoms with Crippen molar-refractivity contribution in [1.82, 2.24) is 10.3 Å². The van der Waals surface area contributed by atoms with Crippen molar-refractivity contribution in [2.24, 2.45) is 0 Å². The van der Waals surface area contributed by atoms with E-state index in [1.54, 1.807) is 24.5 Å². The Balaban J connectivity index is 1.68. The number of amides is 1. The topological polar surface area (TPSA) is 62.2 Å². The molecule has 0 aliphatic carbocycles. The molecule has 0 spiro atoms. The SMILES string of the molecule is O=C(NCC(O)c1ccc2ccccc2c1)c1ccncc1. The Bertz CT molecular complexity index is 787. The first-order valence-corrected chi connectivity index (χ1v) is 7.09. The van der Waals surface area contributed by atoms with Crippen LogP contribution in [0, 0.1) is 0 Å². The van der Waals surface area contributed by atoms with Crippen LogP contribution in [0.5, 0.6) is 0 Å². The summed E-state index contributed by atoms with van der Waals surface area (Å²) in [5.41, 5.74) is 1.31. The maximum Gasteiger partial charge on any atom is 0.251 e. The molecule has 4 heteroatoms. The standard InChI is InChI=1S/C18H16N2O2/c21-17(12-20-18(22)14-7-9-19-10-8-14)16-6-5-13-3-1-2-4-15(13)11-16/h1-11,17,21H,12H2,(H,20,22). The zero-order valence-electron chi connectivity index (χ0n) is 11.9. The third-order valence-corrected chi connectivity index (χ3v) is 3.56. The molecule has 1 aromatic heterocycles. The van der Waals surface area contributed by atoms with Gasteiger partial charge in [-0.1, -0.05) is 36.4 Å². The molecule has 3 rings (SSSR count). The average molecular weight is 292 g/mol. The highest BCUT2D eigenvalue weighted by Gasteiger charge is 2.11. The Labute approximate surface area is 128 Å². The Morgan fingerprint density at radius 1 is 1.05 bits per heavy atom. The lowest BCUT2D eigenvalue weighted by Gasteiger charge is -2.13. The summed E-state index contributed by atoms with van der Waals surface area (Å²) >= 11 is 0. The van der Waals surface area contributed by atoms with E-state index in [1.807, 2.05) is 42.5 Å². The van der Waals surface area contributed by atoms with Crippen LogP contribution in [0.3, 0.4) is 0 Å². The average Bonchev–Trinajstić information content (AvgIpc) is 2.59. The second-order valence-electron chi connectivity index (χ2n) is 5.07. The smallest absolute Gasteiger partial charge is 0.251 e. The van der Waals surface area contributed by atoms with Gasteiger partial charge in [-0.2, -0.15) is 0 Å². The molecule has 1 atom stereocenters. The summed E-state index contributed by atoms with van der Waals surface area (Å²) in [5, 5.41) is 15.2. The molecule has 22 heavy (non-hydrogen) atoms. The number of aliphatic hydroxyl groups is 1. The molecule has 3 aromatic rings. The summed E-state index contributed by atoms with van der Waals surface area (Å²) in [4.78, 5) is 15.8. The molecular formula is C18H16N2O2. The lowest BCUT2D eigenvalue weighted by molar-refractivity contribution is 0.0916. The van der Waals surface area contributed by atoms with Gasteiger partial charge in [-0.25, -0.2) is 0 Å². The van der Waals surface area contributed by atoms with Gasteiger partial charge in [-0.3, -0.25) is 9.78 Å². The van der Waals surface area contributed by atoms with Crippen LogP contribution in [-0.4, -0.2) is 22.5 Å². The predicted octanol–water partition coefficient (Wildman–Crippen LogP) is 2.70. The van der Waals surface area contributed by atoms with Gasteiger partial charge in [0.25, 0.3) is 5.91 Å². The second-order valence-corrected chi connectivity index (χ2v) is 5.07. The van der Waals surface area contributed by atoms with Crippen molar-refractivity contribution in [1.29, 1.82) is 0 Å². The maximum absolute atomic E-state index is 11.9. The van der Waals surface area contributed by atoms with Crippen molar-refractivity contribution >= 4 is 16.7 Å². The number of hydrogen-bond acceptors (Lipinski definition) is 3. The number of aromatic nitrogens is 1. The number of benzene rings is 2. The van der Waals surface area contributed by atoms with E-state index >= 15 is 0 Å². The highest BCUT2D eigenvalue weighted by molar-refractivity contribution is 5.94. The molecule has 0 aliphatic heterocycles. The normalized spacial score (nSPS) is 12.0. The van der Waals surface area contributed by atoms with Crippen molar-refractivity contribution in [2.45, 2.75) is 6.10 Å². The maximum atomic E-state index is 11.9. The van der Waals surface area contributed by atoms with Crippen molar-refractivity contribution in [3.05, 3.63) is 78.1 Å². The first kappa shape index (κ1) is 14.2. The van der Waals surface area contributed by atoms with Gasteiger partial charge in [0.05, 0.1) is 6.10 Å². The van der Waals surface area contributed by atoms with Gasteiger partial charge in [-0.05, 0) is 34.5 Å². The van der Waals surface area contributed by atoms with Crippen LogP contribution in [0.25, 0.3) is 10.8 Å². The van der Waals surface area contributed by atoms with Crippen molar-refractivity contribution in [3.63, 3.8) is 0 Å². The van der Waals surface area contributed by atoms with E-state index < -0.39 is 6.10 Å². The van der Waals surface area contributed by atoms with E-state index in [0.717, 1.165) is 16.3 Å². The van der Waals surface area contributed by atoms with E-state index in [4.69, 9.17) is 0 Å². The number of pyridine rings is 1. The van der Waals surface area contributed by atoms with Crippen LogP contribution >= 0.6 is 0 Å². The number of fused-ring (bicyclic) bond motifs is 1. The van der Waals surface area contributed by atoms with Gasteiger partial charge in [0.15, 0.2) is 0 Å². The third kappa shape index (κ3) is 3.13. The summed E-state index contributed by atoms with van der Waals surface area (Å²) in [7, 11) is 0. The highest BCUT2D eigenvalue weighted by Crippen LogP contribution is 2.20. The highest BCUT2D eigenvalue weighted by atomic mass is 16.3. The lowest BCUT2D eigenvalue weighted by Crippen LogP contribution is -2.28. The third-order valence-electron chi connectivity index (χ3n) is 3.56. The summed E-state index contributed by atoms with van der Waals surface area (Å²) in [5.74, 6) is -0.220. The molecule has 0 radical (unpaired) electrons. The molecule has 0 saturated heterocycles. The minimum absolute atomic E-state index is 0.166. The van der Waals surface area contributed by atoms with Gasteiger partial charge in [0.2, 0.25) is 0 Å². The number of rotatable bonds is 4. The fourth-order valence-electron chi connectivity index (χ4n) is 2.33. The zero-order valence-corrected chi connectivity index (χ0v) is 11.9. The molecule has 1 unspecified atom stereocenters. The van der Waals surface area contributed by atoms with E-state index in [0.29, 0.717) is 5.56 Å². The molecular weight excluding hydrogens is 276 g/mol. The predicted molar refractivity (Wildman–Crippen MR) is 85.5 cm³/mol. The van der Waals surface area contributed by atoms with E-state index in [9.17, 15) is 9.90 Å². The Morgan fingerprint density at radius 3 is 2.55 bits per heavy atom. The molecule has 1 amide bonds. The monoisotopic (exact) mass is 292 g/mol. The molecule has 0 saturated carbocycles. The number of nitrogens with zero attached hydrogens (tertiary/aromatic N) is 1. The first-order valence-electron chi connectivity index (χ1n) is 7.09.